The molecule has 0 unspecified atom stereocenters. The maximum Gasteiger partial charge on any atom is 0.254 e. The molecule has 96 valence electrons. The average molecular weight is 312 g/mol. The van der Waals surface area contributed by atoms with Gasteiger partial charge in [0, 0.05) is 44.9 Å². The van der Waals surface area contributed by atoms with E-state index < -0.39 is 0 Å². The fraction of sp³-hybridized carbons (Fsp3) is 0.417. The quantitative estimate of drug-likeness (QED) is 0.731. The fourth-order valence-corrected chi connectivity index (χ4v) is 2.31. The Morgan fingerprint density at radius 1 is 1.22 bits per heavy atom. The molecule has 0 bridgehead atoms. The van der Waals surface area contributed by atoms with Crippen LogP contribution in [0.3, 0.4) is 0 Å². The zero-order valence-electron chi connectivity index (χ0n) is 10.1. The van der Waals surface area contributed by atoms with E-state index in [0.29, 0.717) is 36.3 Å². The minimum Gasteiger partial charge on any atom is -0.339 e. The van der Waals surface area contributed by atoms with Crippen LogP contribution in [0.5, 0.6) is 0 Å². The van der Waals surface area contributed by atoms with E-state index in [-0.39, 0.29) is 11.8 Å². The Hall–Kier alpha value is -1.43. The molecule has 1 aromatic rings. The number of pyridine rings is 1. The van der Waals surface area contributed by atoms with Gasteiger partial charge in [0.05, 0.1) is 0 Å². The van der Waals surface area contributed by atoms with Crippen LogP contribution in [0.1, 0.15) is 17.3 Å². The van der Waals surface area contributed by atoms with Gasteiger partial charge in [-0.1, -0.05) is 0 Å². The lowest BCUT2D eigenvalue weighted by Crippen LogP contribution is -2.50. The van der Waals surface area contributed by atoms with Crippen LogP contribution in [0.25, 0.3) is 0 Å². The molecule has 0 aliphatic carbocycles. The molecule has 6 heteroatoms. The molecule has 1 aliphatic rings. The summed E-state index contributed by atoms with van der Waals surface area (Å²) in [6, 6.07) is 3.41. The Balaban J connectivity index is 2.02. The van der Waals surface area contributed by atoms with Crippen LogP contribution in [0.15, 0.2) is 22.9 Å². The van der Waals surface area contributed by atoms with Gasteiger partial charge in [0.25, 0.3) is 5.91 Å². The van der Waals surface area contributed by atoms with Gasteiger partial charge in [0.2, 0.25) is 5.91 Å². The molecule has 1 saturated heterocycles. The fourth-order valence-electron chi connectivity index (χ4n) is 1.94. The van der Waals surface area contributed by atoms with Crippen molar-refractivity contribution >= 4 is 27.7 Å². The normalized spacial score (nSPS) is 15.7. The first kappa shape index (κ1) is 13.0. The summed E-state index contributed by atoms with van der Waals surface area (Å²) in [5.41, 5.74) is 0.619. The third-order valence-corrected chi connectivity index (χ3v) is 3.42. The number of aromatic nitrogens is 1. The summed E-state index contributed by atoms with van der Waals surface area (Å²) in [7, 11) is 0. The Morgan fingerprint density at radius 3 is 2.39 bits per heavy atom. The van der Waals surface area contributed by atoms with Gasteiger partial charge in [-0.15, -0.1) is 0 Å². The number of halogens is 1. The number of amides is 2. The highest BCUT2D eigenvalue weighted by molar-refractivity contribution is 9.10. The first-order chi connectivity index (χ1) is 8.58. The molecule has 1 fully saturated rings. The van der Waals surface area contributed by atoms with Crippen molar-refractivity contribution in [3.8, 4) is 0 Å². The summed E-state index contributed by atoms with van der Waals surface area (Å²) in [4.78, 5) is 30.9. The highest BCUT2D eigenvalue weighted by Gasteiger charge is 2.23. The minimum absolute atomic E-state index is 0.0127. The molecular weight excluding hydrogens is 298 g/mol. The van der Waals surface area contributed by atoms with Crippen LogP contribution in [0.2, 0.25) is 0 Å². The molecule has 2 heterocycles. The molecule has 1 aliphatic heterocycles. The second-order valence-corrected chi connectivity index (χ2v) is 4.98. The van der Waals surface area contributed by atoms with E-state index in [9.17, 15) is 9.59 Å². The smallest absolute Gasteiger partial charge is 0.254 e. The van der Waals surface area contributed by atoms with Crippen LogP contribution in [0, 0.1) is 0 Å². The molecule has 1 aromatic heterocycles. The van der Waals surface area contributed by atoms with Crippen molar-refractivity contribution in [3.63, 3.8) is 0 Å². The first-order valence-corrected chi connectivity index (χ1v) is 6.53. The SMILES string of the molecule is CC(=O)N1CCN(C(=O)c2ccnc(Br)c2)CC1. The molecule has 2 amide bonds. The second kappa shape index (κ2) is 5.48. The van der Waals surface area contributed by atoms with Crippen LogP contribution in [-0.4, -0.2) is 52.8 Å². The van der Waals surface area contributed by atoms with Gasteiger partial charge in [-0.3, -0.25) is 9.59 Å². The van der Waals surface area contributed by atoms with Crippen LogP contribution in [0.4, 0.5) is 0 Å². The van der Waals surface area contributed by atoms with E-state index >= 15 is 0 Å². The van der Waals surface area contributed by atoms with Crippen molar-refractivity contribution in [2.24, 2.45) is 0 Å². The maximum absolute atomic E-state index is 12.2. The standard InChI is InChI=1S/C12H14BrN3O2/c1-9(17)15-4-6-16(7-5-15)12(18)10-2-3-14-11(13)8-10/h2-3,8H,4-7H2,1H3. The van der Waals surface area contributed by atoms with Crippen LogP contribution in [-0.2, 0) is 4.79 Å². The maximum atomic E-state index is 12.2. The van der Waals surface area contributed by atoms with E-state index in [2.05, 4.69) is 20.9 Å². The Labute approximate surface area is 114 Å². The summed E-state index contributed by atoms with van der Waals surface area (Å²) in [5.74, 6) is 0.0510. The van der Waals surface area contributed by atoms with Crippen molar-refractivity contribution in [3.05, 3.63) is 28.5 Å². The monoisotopic (exact) mass is 311 g/mol. The number of carbonyl (C=O) groups excluding carboxylic acids is 2. The molecule has 0 spiro atoms. The summed E-state index contributed by atoms with van der Waals surface area (Å²) in [6.07, 6.45) is 1.60. The zero-order valence-corrected chi connectivity index (χ0v) is 11.7. The number of hydrogen-bond donors (Lipinski definition) is 0. The van der Waals surface area contributed by atoms with Gasteiger partial charge in [-0.05, 0) is 28.1 Å². The Bertz CT molecular complexity index is 470. The molecule has 2 rings (SSSR count). The molecule has 0 atom stereocenters. The highest BCUT2D eigenvalue weighted by atomic mass is 79.9. The molecular formula is C12H14BrN3O2. The third kappa shape index (κ3) is 2.87. The molecule has 0 saturated carbocycles. The van der Waals surface area contributed by atoms with Crippen molar-refractivity contribution < 1.29 is 9.59 Å². The van der Waals surface area contributed by atoms with E-state index in [4.69, 9.17) is 0 Å². The average Bonchev–Trinajstić information content (AvgIpc) is 2.38. The van der Waals surface area contributed by atoms with Crippen molar-refractivity contribution in [2.45, 2.75) is 6.92 Å². The van der Waals surface area contributed by atoms with Gasteiger partial charge in [-0.2, -0.15) is 0 Å². The lowest BCUT2D eigenvalue weighted by molar-refractivity contribution is -0.130. The predicted molar refractivity (Wildman–Crippen MR) is 70.1 cm³/mol. The third-order valence-electron chi connectivity index (χ3n) is 2.99. The van der Waals surface area contributed by atoms with Crippen LogP contribution >= 0.6 is 15.9 Å². The number of nitrogens with zero attached hydrogens (tertiary/aromatic N) is 3. The van der Waals surface area contributed by atoms with Gasteiger partial charge in [0.15, 0.2) is 0 Å². The minimum atomic E-state index is -0.0127. The van der Waals surface area contributed by atoms with Crippen LogP contribution < -0.4 is 0 Å². The lowest BCUT2D eigenvalue weighted by atomic mass is 10.2. The summed E-state index contributed by atoms with van der Waals surface area (Å²) < 4.78 is 0.649. The van der Waals surface area contributed by atoms with Crippen molar-refractivity contribution in [1.29, 1.82) is 0 Å². The summed E-state index contributed by atoms with van der Waals surface area (Å²) in [5, 5.41) is 0. The highest BCUT2D eigenvalue weighted by Crippen LogP contribution is 2.12. The van der Waals surface area contributed by atoms with Gasteiger partial charge in [0.1, 0.15) is 4.60 Å². The van der Waals surface area contributed by atoms with E-state index in [0.717, 1.165) is 0 Å². The largest absolute Gasteiger partial charge is 0.339 e. The molecule has 0 N–H and O–H groups in total. The number of hydrogen-bond acceptors (Lipinski definition) is 3. The second-order valence-electron chi connectivity index (χ2n) is 4.17. The van der Waals surface area contributed by atoms with E-state index in [1.807, 2.05) is 0 Å². The van der Waals surface area contributed by atoms with Gasteiger partial charge in [-0.25, -0.2) is 4.98 Å². The molecule has 18 heavy (non-hydrogen) atoms. The lowest BCUT2D eigenvalue weighted by Gasteiger charge is -2.34. The first-order valence-electron chi connectivity index (χ1n) is 5.74. The molecule has 0 aromatic carbocycles. The van der Waals surface area contributed by atoms with Crippen molar-refractivity contribution in [2.75, 3.05) is 26.2 Å². The van der Waals surface area contributed by atoms with Gasteiger partial charge < -0.3 is 9.80 Å². The Kier molecular flexibility index (Phi) is 3.96. The summed E-state index contributed by atoms with van der Waals surface area (Å²) >= 11 is 3.25. The number of carbonyl (C=O) groups is 2. The molecule has 5 nitrogen and oxygen atoms in total. The number of rotatable bonds is 1. The van der Waals surface area contributed by atoms with Crippen molar-refractivity contribution in [1.82, 2.24) is 14.8 Å². The van der Waals surface area contributed by atoms with E-state index in [1.54, 1.807) is 35.1 Å². The number of piperazine rings is 1. The Morgan fingerprint density at radius 2 is 1.83 bits per heavy atom. The summed E-state index contributed by atoms with van der Waals surface area (Å²) in [6.45, 7) is 3.93. The zero-order chi connectivity index (χ0) is 13.1. The van der Waals surface area contributed by atoms with E-state index in [1.165, 1.54) is 0 Å². The topological polar surface area (TPSA) is 53.5 Å². The van der Waals surface area contributed by atoms with Gasteiger partial charge >= 0.3 is 0 Å². The molecule has 0 radical (unpaired) electrons. The predicted octanol–water partition coefficient (Wildman–Crippen LogP) is 1.15.